The summed E-state index contributed by atoms with van der Waals surface area (Å²) in [5, 5.41) is 9.65. The molecule has 0 aromatic rings. The van der Waals surface area contributed by atoms with Crippen LogP contribution >= 0.6 is 0 Å². The maximum Gasteiger partial charge on any atom is 0.306 e. The number of rotatable bonds is 40. The number of ether oxygens (including phenoxy) is 3. The lowest BCUT2D eigenvalue weighted by molar-refractivity contribution is -0.150. The van der Waals surface area contributed by atoms with Gasteiger partial charge in [-0.2, -0.15) is 0 Å². The van der Waals surface area contributed by atoms with Gasteiger partial charge in [0.15, 0.2) is 0 Å². The smallest absolute Gasteiger partial charge is 0.306 e. The third-order valence-corrected chi connectivity index (χ3v) is 10.4. The first-order chi connectivity index (χ1) is 25.4. The van der Waals surface area contributed by atoms with Crippen LogP contribution in [0.4, 0.5) is 0 Å². The molecule has 0 aliphatic heterocycles. The third-order valence-electron chi connectivity index (χ3n) is 10.4. The quantitative estimate of drug-likeness (QED) is 0.0376. The summed E-state index contributed by atoms with van der Waals surface area (Å²) in [4.78, 5) is 38.2. The van der Waals surface area contributed by atoms with Crippen LogP contribution in [0.1, 0.15) is 220 Å². The fourth-order valence-electron chi connectivity index (χ4n) is 6.94. The molecule has 1 atom stereocenters. The SMILES string of the molecule is CCCCCCCCC(CCCCCCCC)OC(=O)CCCCCCC(C)N(CCO)CCCCCCCC(=O)OCCCCCCC(=O)OC. The number of aliphatic hydroxyl groups excluding tert-OH is 1. The van der Waals surface area contributed by atoms with Gasteiger partial charge in [-0.05, 0) is 77.7 Å². The van der Waals surface area contributed by atoms with Crippen LogP contribution < -0.4 is 0 Å². The second-order valence-electron chi connectivity index (χ2n) is 15.3. The predicted molar refractivity (Wildman–Crippen MR) is 215 cm³/mol. The molecule has 0 rings (SSSR count). The molecular weight excluding hydrogens is 654 g/mol. The van der Waals surface area contributed by atoms with Crippen molar-refractivity contribution < 1.29 is 33.7 Å². The summed E-state index contributed by atoms with van der Waals surface area (Å²) in [5.74, 6) is -0.275. The third kappa shape index (κ3) is 34.1. The monoisotopic (exact) mass is 740 g/mol. The number of hydrogen-bond donors (Lipinski definition) is 1. The van der Waals surface area contributed by atoms with Gasteiger partial charge < -0.3 is 19.3 Å². The highest BCUT2D eigenvalue weighted by atomic mass is 16.5. The van der Waals surface area contributed by atoms with Gasteiger partial charge in [0.1, 0.15) is 6.10 Å². The standard InChI is InChI=1S/C44H85NO7/c1-5-7-9-11-14-23-31-41(32-24-15-12-10-8-6-2)52-44(49)35-27-18-17-22-30-40(3)45(37-38-46)36-28-20-13-16-26-34-43(48)51-39-29-21-19-25-33-42(47)50-4/h40-41,46H,5-39H2,1-4H3. The van der Waals surface area contributed by atoms with Crippen molar-refractivity contribution in [2.24, 2.45) is 0 Å². The highest BCUT2D eigenvalue weighted by molar-refractivity contribution is 5.69. The molecule has 0 saturated carbocycles. The van der Waals surface area contributed by atoms with E-state index >= 15 is 0 Å². The molecule has 0 aliphatic carbocycles. The number of nitrogens with zero attached hydrogens (tertiary/aromatic N) is 1. The van der Waals surface area contributed by atoms with Crippen molar-refractivity contribution in [1.82, 2.24) is 4.90 Å². The van der Waals surface area contributed by atoms with E-state index in [-0.39, 0.29) is 30.6 Å². The molecule has 0 radical (unpaired) electrons. The van der Waals surface area contributed by atoms with Crippen molar-refractivity contribution in [3.05, 3.63) is 0 Å². The van der Waals surface area contributed by atoms with Gasteiger partial charge in [-0.1, -0.05) is 129 Å². The topological polar surface area (TPSA) is 102 Å². The van der Waals surface area contributed by atoms with Crippen molar-refractivity contribution in [2.45, 2.75) is 232 Å². The number of carbonyl (C=O) groups excluding carboxylic acids is 3. The van der Waals surface area contributed by atoms with Gasteiger partial charge in [0.05, 0.1) is 20.3 Å². The fourth-order valence-corrected chi connectivity index (χ4v) is 6.94. The number of aliphatic hydroxyl groups is 1. The molecule has 52 heavy (non-hydrogen) atoms. The van der Waals surface area contributed by atoms with Gasteiger partial charge in [0.2, 0.25) is 0 Å². The molecule has 0 spiro atoms. The molecule has 0 aromatic heterocycles. The molecule has 0 amide bonds. The number of esters is 3. The summed E-state index contributed by atoms with van der Waals surface area (Å²) < 4.78 is 16.0. The van der Waals surface area contributed by atoms with Crippen molar-refractivity contribution >= 4 is 17.9 Å². The zero-order valence-electron chi connectivity index (χ0n) is 34.7. The van der Waals surface area contributed by atoms with Crippen LogP contribution in [0.3, 0.4) is 0 Å². The summed E-state index contributed by atoms with van der Waals surface area (Å²) in [7, 11) is 1.41. The van der Waals surface area contributed by atoms with Crippen molar-refractivity contribution in [3.63, 3.8) is 0 Å². The molecule has 308 valence electrons. The second-order valence-corrected chi connectivity index (χ2v) is 15.3. The zero-order valence-corrected chi connectivity index (χ0v) is 34.7. The van der Waals surface area contributed by atoms with Crippen molar-refractivity contribution in [1.29, 1.82) is 0 Å². The minimum absolute atomic E-state index is 0.00110. The number of carbonyl (C=O) groups is 3. The summed E-state index contributed by atoms with van der Waals surface area (Å²) >= 11 is 0. The first-order valence-electron chi connectivity index (χ1n) is 22.1. The van der Waals surface area contributed by atoms with Gasteiger partial charge in [0.25, 0.3) is 0 Å². The Bertz CT molecular complexity index is 791. The normalized spacial score (nSPS) is 12.1. The van der Waals surface area contributed by atoms with E-state index < -0.39 is 0 Å². The summed E-state index contributed by atoms with van der Waals surface area (Å²) in [5.41, 5.74) is 0. The fraction of sp³-hybridized carbons (Fsp3) is 0.932. The summed E-state index contributed by atoms with van der Waals surface area (Å²) in [6.45, 7) is 9.13. The Labute approximate surface area is 321 Å². The number of unbranched alkanes of at least 4 members (excludes halogenated alkanes) is 20. The van der Waals surface area contributed by atoms with Crippen LogP contribution in [-0.4, -0.2) is 73.5 Å². The Morgan fingerprint density at radius 2 is 0.962 bits per heavy atom. The van der Waals surface area contributed by atoms with Crippen LogP contribution in [-0.2, 0) is 28.6 Å². The number of methoxy groups -OCH3 is 1. The van der Waals surface area contributed by atoms with Gasteiger partial charge in [-0.25, -0.2) is 0 Å². The predicted octanol–water partition coefficient (Wildman–Crippen LogP) is 11.4. The summed E-state index contributed by atoms with van der Waals surface area (Å²) in [6.07, 6.45) is 33.1. The van der Waals surface area contributed by atoms with E-state index in [1.807, 2.05) is 0 Å². The molecule has 0 aliphatic rings. The Hall–Kier alpha value is -1.67. The van der Waals surface area contributed by atoms with E-state index in [0.717, 1.165) is 109 Å². The van der Waals surface area contributed by atoms with Gasteiger partial charge in [0, 0.05) is 31.8 Å². The lowest BCUT2D eigenvalue weighted by Gasteiger charge is -2.28. The van der Waals surface area contributed by atoms with Gasteiger partial charge in [-0.15, -0.1) is 0 Å². The zero-order chi connectivity index (χ0) is 38.3. The van der Waals surface area contributed by atoms with Crippen LogP contribution in [0.25, 0.3) is 0 Å². The average Bonchev–Trinajstić information content (AvgIpc) is 3.14. The highest BCUT2D eigenvalue weighted by Crippen LogP contribution is 2.19. The maximum absolute atomic E-state index is 12.7. The Morgan fingerprint density at radius 1 is 0.519 bits per heavy atom. The van der Waals surface area contributed by atoms with E-state index in [0.29, 0.717) is 38.5 Å². The van der Waals surface area contributed by atoms with Crippen molar-refractivity contribution in [3.8, 4) is 0 Å². The van der Waals surface area contributed by atoms with E-state index in [1.165, 1.54) is 84.2 Å². The van der Waals surface area contributed by atoms with Crippen LogP contribution in [0, 0.1) is 0 Å². The van der Waals surface area contributed by atoms with Gasteiger partial charge >= 0.3 is 17.9 Å². The molecule has 1 unspecified atom stereocenters. The molecule has 8 nitrogen and oxygen atoms in total. The first kappa shape index (κ1) is 50.3. The van der Waals surface area contributed by atoms with E-state index in [2.05, 4.69) is 30.4 Å². The van der Waals surface area contributed by atoms with E-state index in [9.17, 15) is 19.5 Å². The molecule has 0 bridgehead atoms. The van der Waals surface area contributed by atoms with Crippen LogP contribution in [0.5, 0.6) is 0 Å². The molecular formula is C44H85NO7. The molecule has 0 heterocycles. The average molecular weight is 740 g/mol. The van der Waals surface area contributed by atoms with Gasteiger partial charge in [-0.3, -0.25) is 19.3 Å². The molecule has 0 fully saturated rings. The minimum atomic E-state index is -0.168. The lowest BCUT2D eigenvalue weighted by atomic mass is 10.0. The van der Waals surface area contributed by atoms with E-state index in [1.54, 1.807) is 0 Å². The molecule has 0 saturated heterocycles. The Kier molecular flexibility index (Phi) is 37.8. The van der Waals surface area contributed by atoms with E-state index in [4.69, 9.17) is 9.47 Å². The van der Waals surface area contributed by atoms with Crippen molar-refractivity contribution in [2.75, 3.05) is 33.4 Å². The lowest BCUT2D eigenvalue weighted by Crippen LogP contribution is -2.36. The Balaban J connectivity index is 4.07. The highest BCUT2D eigenvalue weighted by Gasteiger charge is 2.15. The molecule has 0 aromatic carbocycles. The second kappa shape index (κ2) is 39.0. The molecule has 8 heteroatoms. The minimum Gasteiger partial charge on any atom is -0.469 e. The maximum atomic E-state index is 12.7. The van der Waals surface area contributed by atoms with Crippen LogP contribution in [0.2, 0.25) is 0 Å². The largest absolute Gasteiger partial charge is 0.469 e. The Morgan fingerprint density at radius 3 is 1.50 bits per heavy atom. The first-order valence-corrected chi connectivity index (χ1v) is 22.1. The number of hydrogen-bond acceptors (Lipinski definition) is 8. The van der Waals surface area contributed by atoms with Crippen LogP contribution in [0.15, 0.2) is 0 Å². The summed E-state index contributed by atoms with van der Waals surface area (Å²) in [6, 6.07) is 0.435. The molecule has 1 N–H and O–H groups in total.